The van der Waals surface area contributed by atoms with Gasteiger partial charge in [0.15, 0.2) is 0 Å². The van der Waals surface area contributed by atoms with Gasteiger partial charge in [-0.2, -0.15) is 0 Å². The lowest BCUT2D eigenvalue weighted by Crippen LogP contribution is -2.12. The van der Waals surface area contributed by atoms with Crippen LogP contribution in [-0.2, 0) is 4.74 Å². The largest absolute Gasteiger partial charge is 0.492 e. The third kappa shape index (κ3) is 4.81. The van der Waals surface area contributed by atoms with E-state index in [0.717, 1.165) is 12.8 Å². The predicted octanol–water partition coefficient (Wildman–Crippen LogP) is 3.26. The van der Waals surface area contributed by atoms with E-state index in [-0.39, 0.29) is 5.97 Å². The monoisotopic (exact) mass is 265 g/mol. The van der Waals surface area contributed by atoms with E-state index in [1.54, 1.807) is 18.2 Å². The maximum absolute atomic E-state index is 11.9. The van der Waals surface area contributed by atoms with E-state index in [9.17, 15) is 4.79 Å². The van der Waals surface area contributed by atoms with Crippen molar-refractivity contribution in [3.05, 3.63) is 23.8 Å². The van der Waals surface area contributed by atoms with Crippen LogP contribution >= 0.6 is 0 Å². The summed E-state index contributed by atoms with van der Waals surface area (Å²) >= 11 is 0. The lowest BCUT2D eigenvalue weighted by atomic mass is 10.1. The van der Waals surface area contributed by atoms with Gasteiger partial charge in [-0.3, -0.25) is 0 Å². The van der Waals surface area contributed by atoms with Gasteiger partial charge in [0, 0.05) is 0 Å². The topological polar surface area (TPSA) is 61.5 Å². The van der Waals surface area contributed by atoms with E-state index < -0.39 is 0 Å². The average molecular weight is 265 g/mol. The molecule has 0 aliphatic heterocycles. The second kappa shape index (κ2) is 7.67. The standard InChI is InChI=1S/C15H23NO3/c1-4-6-11(3)10-19-15(17)12-7-8-14(18-5-2)13(16)9-12/h7-9,11H,4-6,10,16H2,1-3H3. The summed E-state index contributed by atoms with van der Waals surface area (Å²) in [6.07, 6.45) is 2.15. The van der Waals surface area contributed by atoms with Gasteiger partial charge >= 0.3 is 5.97 Å². The normalized spacial score (nSPS) is 11.9. The molecule has 0 saturated heterocycles. The fourth-order valence-corrected chi connectivity index (χ4v) is 1.84. The van der Waals surface area contributed by atoms with Crippen molar-refractivity contribution in [1.82, 2.24) is 0 Å². The maximum atomic E-state index is 11.9. The molecule has 2 N–H and O–H groups in total. The van der Waals surface area contributed by atoms with Crippen LogP contribution in [0, 0.1) is 5.92 Å². The number of rotatable bonds is 7. The molecule has 1 rings (SSSR count). The quantitative estimate of drug-likeness (QED) is 0.607. The lowest BCUT2D eigenvalue weighted by Gasteiger charge is -2.12. The Labute approximate surface area is 114 Å². The molecular formula is C15H23NO3. The van der Waals surface area contributed by atoms with Crippen molar-refractivity contribution in [2.24, 2.45) is 5.92 Å². The van der Waals surface area contributed by atoms with E-state index in [1.807, 2.05) is 6.92 Å². The van der Waals surface area contributed by atoms with Crippen molar-refractivity contribution >= 4 is 11.7 Å². The second-order valence-electron chi connectivity index (χ2n) is 4.68. The van der Waals surface area contributed by atoms with Crippen LogP contribution < -0.4 is 10.5 Å². The molecule has 0 aliphatic carbocycles. The molecule has 1 aromatic rings. The molecule has 1 unspecified atom stereocenters. The van der Waals surface area contributed by atoms with Gasteiger partial charge in [0.25, 0.3) is 0 Å². The van der Waals surface area contributed by atoms with Crippen LogP contribution in [0.1, 0.15) is 44.0 Å². The highest BCUT2D eigenvalue weighted by Crippen LogP contribution is 2.23. The zero-order valence-electron chi connectivity index (χ0n) is 11.9. The Morgan fingerprint density at radius 3 is 2.68 bits per heavy atom. The van der Waals surface area contributed by atoms with Crippen molar-refractivity contribution in [3.63, 3.8) is 0 Å². The van der Waals surface area contributed by atoms with Crippen LogP contribution in [0.15, 0.2) is 18.2 Å². The van der Waals surface area contributed by atoms with Crippen LogP contribution in [0.3, 0.4) is 0 Å². The number of nitrogens with two attached hydrogens (primary N) is 1. The third-order valence-corrected chi connectivity index (χ3v) is 2.83. The Hall–Kier alpha value is -1.71. The molecule has 4 nitrogen and oxygen atoms in total. The molecule has 106 valence electrons. The molecule has 0 aliphatic rings. The smallest absolute Gasteiger partial charge is 0.338 e. The molecule has 19 heavy (non-hydrogen) atoms. The highest BCUT2D eigenvalue weighted by atomic mass is 16.5. The summed E-state index contributed by atoms with van der Waals surface area (Å²) < 4.78 is 10.6. The number of benzene rings is 1. The minimum absolute atomic E-state index is 0.335. The highest BCUT2D eigenvalue weighted by molar-refractivity contribution is 5.91. The number of hydrogen-bond donors (Lipinski definition) is 1. The number of anilines is 1. The van der Waals surface area contributed by atoms with Crippen molar-refractivity contribution in [1.29, 1.82) is 0 Å². The number of ether oxygens (including phenoxy) is 2. The molecule has 0 bridgehead atoms. The van der Waals surface area contributed by atoms with Gasteiger partial charge in [-0.25, -0.2) is 4.79 Å². The molecule has 1 atom stereocenters. The van der Waals surface area contributed by atoms with Crippen LogP contribution in [0.2, 0.25) is 0 Å². The number of carbonyl (C=O) groups excluding carboxylic acids is 1. The zero-order valence-corrected chi connectivity index (χ0v) is 11.9. The number of hydrogen-bond acceptors (Lipinski definition) is 4. The van der Waals surface area contributed by atoms with Gasteiger partial charge in [0.2, 0.25) is 0 Å². The van der Waals surface area contributed by atoms with E-state index in [0.29, 0.717) is 36.1 Å². The first-order valence-electron chi connectivity index (χ1n) is 6.77. The molecule has 1 aromatic carbocycles. The first-order chi connectivity index (χ1) is 9.08. The van der Waals surface area contributed by atoms with Crippen molar-refractivity contribution in [3.8, 4) is 5.75 Å². The molecule has 4 heteroatoms. The van der Waals surface area contributed by atoms with Crippen LogP contribution in [-0.4, -0.2) is 19.2 Å². The van der Waals surface area contributed by atoms with Crippen molar-refractivity contribution < 1.29 is 14.3 Å². The van der Waals surface area contributed by atoms with Gasteiger partial charge < -0.3 is 15.2 Å². The van der Waals surface area contributed by atoms with Gasteiger partial charge in [-0.05, 0) is 37.5 Å². The van der Waals surface area contributed by atoms with Gasteiger partial charge in [0.05, 0.1) is 24.5 Å². The van der Waals surface area contributed by atoms with Crippen molar-refractivity contribution in [2.45, 2.75) is 33.6 Å². The number of nitrogen functional groups attached to an aromatic ring is 1. The minimum atomic E-state index is -0.335. The summed E-state index contributed by atoms with van der Waals surface area (Å²) in [6, 6.07) is 4.97. The summed E-state index contributed by atoms with van der Waals surface area (Å²) in [5.41, 5.74) is 6.74. The fourth-order valence-electron chi connectivity index (χ4n) is 1.84. The Morgan fingerprint density at radius 1 is 1.37 bits per heavy atom. The molecule has 0 radical (unpaired) electrons. The molecule has 0 spiro atoms. The first kappa shape index (κ1) is 15.3. The SMILES string of the molecule is CCCC(C)COC(=O)c1ccc(OCC)c(N)c1. The van der Waals surface area contributed by atoms with Gasteiger partial charge in [0.1, 0.15) is 5.75 Å². The molecule has 0 aromatic heterocycles. The predicted molar refractivity (Wildman–Crippen MR) is 76.4 cm³/mol. The van der Waals surface area contributed by atoms with Crippen LogP contribution in [0.25, 0.3) is 0 Å². The van der Waals surface area contributed by atoms with Gasteiger partial charge in [-0.1, -0.05) is 20.3 Å². The lowest BCUT2D eigenvalue weighted by molar-refractivity contribution is 0.0443. The Bertz CT molecular complexity index is 418. The molecule has 0 heterocycles. The Balaban J connectivity index is 2.60. The van der Waals surface area contributed by atoms with E-state index >= 15 is 0 Å². The molecule has 0 saturated carbocycles. The fraction of sp³-hybridized carbons (Fsp3) is 0.533. The van der Waals surface area contributed by atoms with Crippen LogP contribution in [0.4, 0.5) is 5.69 Å². The average Bonchev–Trinajstić information content (AvgIpc) is 2.39. The van der Waals surface area contributed by atoms with Gasteiger partial charge in [-0.15, -0.1) is 0 Å². The first-order valence-corrected chi connectivity index (χ1v) is 6.77. The molecule has 0 fully saturated rings. The van der Waals surface area contributed by atoms with E-state index in [4.69, 9.17) is 15.2 Å². The highest BCUT2D eigenvalue weighted by Gasteiger charge is 2.11. The molecule has 0 amide bonds. The summed E-state index contributed by atoms with van der Waals surface area (Å²) in [4.78, 5) is 11.9. The Kier molecular flexibility index (Phi) is 6.19. The zero-order chi connectivity index (χ0) is 14.3. The number of esters is 1. The number of carbonyl (C=O) groups is 1. The maximum Gasteiger partial charge on any atom is 0.338 e. The summed E-state index contributed by atoms with van der Waals surface area (Å²) in [6.45, 7) is 7.06. The Morgan fingerprint density at radius 2 is 2.11 bits per heavy atom. The minimum Gasteiger partial charge on any atom is -0.492 e. The third-order valence-electron chi connectivity index (χ3n) is 2.83. The van der Waals surface area contributed by atoms with Crippen molar-refractivity contribution in [2.75, 3.05) is 18.9 Å². The summed E-state index contributed by atoms with van der Waals surface area (Å²) in [7, 11) is 0. The van der Waals surface area contributed by atoms with E-state index in [1.165, 1.54) is 0 Å². The second-order valence-corrected chi connectivity index (χ2v) is 4.68. The van der Waals surface area contributed by atoms with Crippen LogP contribution in [0.5, 0.6) is 5.75 Å². The van der Waals surface area contributed by atoms with E-state index in [2.05, 4.69) is 13.8 Å². The summed E-state index contributed by atoms with van der Waals surface area (Å²) in [5.74, 6) is 0.644. The molecular weight excluding hydrogens is 242 g/mol. The summed E-state index contributed by atoms with van der Waals surface area (Å²) in [5, 5.41) is 0.